The van der Waals surface area contributed by atoms with Crippen LogP contribution in [0.5, 0.6) is 0 Å². The first kappa shape index (κ1) is 12.3. The van der Waals surface area contributed by atoms with Crippen LogP contribution in [0.1, 0.15) is 29.2 Å². The summed E-state index contributed by atoms with van der Waals surface area (Å²) in [5, 5.41) is 8.91. The van der Waals surface area contributed by atoms with Crippen LogP contribution in [0.2, 0.25) is 0 Å². The molecule has 3 heteroatoms. The second-order valence-corrected chi connectivity index (χ2v) is 3.69. The van der Waals surface area contributed by atoms with Gasteiger partial charge in [0, 0.05) is 0 Å². The number of benzene rings is 1. The summed E-state index contributed by atoms with van der Waals surface area (Å²) in [6, 6.07) is 5.81. The molecule has 0 heterocycles. The van der Waals surface area contributed by atoms with Crippen LogP contribution < -0.4 is 0 Å². The van der Waals surface area contributed by atoms with E-state index in [0.29, 0.717) is 12.2 Å². The fourth-order valence-corrected chi connectivity index (χ4v) is 1.58. The molecule has 0 aliphatic rings. The predicted molar refractivity (Wildman–Crippen MR) is 61.0 cm³/mol. The van der Waals surface area contributed by atoms with Gasteiger partial charge in [0.1, 0.15) is 0 Å². The minimum Gasteiger partial charge on any atom is -0.466 e. The van der Waals surface area contributed by atoms with E-state index in [1.165, 1.54) is 0 Å². The van der Waals surface area contributed by atoms with Gasteiger partial charge in [0.25, 0.3) is 0 Å². The molecular weight excluding hydrogens is 202 g/mol. The largest absolute Gasteiger partial charge is 0.466 e. The standard InChI is InChI=1S/C13H15NO2/c1-4-16-13(15)7-11-6-12(8-14)10(3)5-9(11)2/h5-6H,4,7H2,1-3H3. The molecule has 1 aromatic carbocycles. The first-order chi connectivity index (χ1) is 7.58. The third-order valence-corrected chi connectivity index (χ3v) is 2.44. The SMILES string of the molecule is CCOC(=O)Cc1cc(C#N)c(C)cc1C. The Labute approximate surface area is 95.7 Å². The van der Waals surface area contributed by atoms with E-state index in [-0.39, 0.29) is 12.4 Å². The highest BCUT2D eigenvalue weighted by Gasteiger charge is 2.09. The third-order valence-electron chi connectivity index (χ3n) is 2.44. The van der Waals surface area contributed by atoms with Crippen molar-refractivity contribution in [1.29, 1.82) is 5.26 Å². The quantitative estimate of drug-likeness (QED) is 0.730. The molecule has 0 N–H and O–H groups in total. The van der Waals surface area contributed by atoms with Crippen molar-refractivity contribution in [1.82, 2.24) is 0 Å². The molecule has 1 rings (SSSR count). The van der Waals surface area contributed by atoms with Gasteiger partial charge in [-0.05, 0) is 43.5 Å². The summed E-state index contributed by atoms with van der Waals surface area (Å²) in [4.78, 5) is 11.3. The molecule has 0 aromatic heterocycles. The Hall–Kier alpha value is -1.82. The van der Waals surface area contributed by atoms with E-state index in [4.69, 9.17) is 10.00 Å². The fourth-order valence-electron chi connectivity index (χ4n) is 1.58. The van der Waals surface area contributed by atoms with E-state index in [1.807, 2.05) is 19.9 Å². The molecule has 0 fully saturated rings. The Balaban J connectivity index is 2.97. The zero-order valence-electron chi connectivity index (χ0n) is 9.83. The van der Waals surface area contributed by atoms with Crippen molar-refractivity contribution < 1.29 is 9.53 Å². The van der Waals surface area contributed by atoms with Gasteiger partial charge < -0.3 is 4.74 Å². The number of hydrogen-bond donors (Lipinski definition) is 0. The van der Waals surface area contributed by atoms with Gasteiger partial charge in [-0.3, -0.25) is 4.79 Å². The van der Waals surface area contributed by atoms with Crippen LogP contribution in [0, 0.1) is 25.2 Å². The Kier molecular flexibility index (Phi) is 4.07. The van der Waals surface area contributed by atoms with Crippen molar-refractivity contribution in [2.75, 3.05) is 6.61 Å². The summed E-state index contributed by atoms with van der Waals surface area (Å²) in [5.41, 5.74) is 3.43. The van der Waals surface area contributed by atoms with Gasteiger partial charge in [-0.2, -0.15) is 5.26 Å². The maximum atomic E-state index is 11.3. The molecule has 3 nitrogen and oxygen atoms in total. The number of rotatable bonds is 3. The highest BCUT2D eigenvalue weighted by molar-refractivity contribution is 5.73. The number of ether oxygens (including phenoxy) is 1. The Morgan fingerprint density at radius 2 is 2.06 bits per heavy atom. The monoisotopic (exact) mass is 217 g/mol. The minimum absolute atomic E-state index is 0.231. The van der Waals surface area contributed by atoms with Gasteiger partial charge in [0.15, 0.2) is 0 Å². The lowest BCUT2D eigenvalue weighted by Crippen LogP contribution is -2.09. The Bertz CT molecular complexity index is 444. The molecule has 0 bridgehead atoms. The molecule has 0 saturated carbocycles. The highest BCUT2D eigenvalue weighted by Crippen LogP contribution is 2.16. The smallest absolute Gasteiger partial charge is 0.310 e. The van der Waals surface area contributed by atoms with Gasteiger partial charge in [0.2, 0.25) is 0 Å². The first-order valence-corrected chi connectivity index (χ1v) is 5.24. The topological polar surface area (TPSA) is 50.1 Å². The molecule has 0 amide bonds. The van der Waals surface area contributed by atoms with Crippen molar-refractivity contribution in [3.63, 3.8) is 0 Å². The Morgan fingerprint density at radius 1 is 1.38 bits per heavy atom. The van der Waals surface area contributed by atoms with Gasteiger partial charge in [-0.25, -0.2) is 0 Å². The van der Waals surface area contributed by atoms with Crippen molar-refractivity contribution in [2.24, 2.45) is 0 Å². The number of nitrogens with zero attached hydrogens (tertiary/aromatic N) is 1. The van der Waals surface area contributed by atoms with Crippen LogP contribution in [0.15, 0.2) is 12.1 Å². The maximum Gasteiger partial charge on any atom is 0.310 e. The van der Waals surface area contributed by atoms with Crippen LogP contribution in [-0.2, 0) is 16.0 Å². The van der Waals surface area contributed by atoms with Crippen LogP contribution >= 0.6 is 0 Å². The molecular formula is C13H15NO2. The number of esters is 1. The normalized spacial score (nSPS) is 9.62. The molecule has 0 aliphatic heterocycles. The molecule has 84 valence electrons. The van der Waals surface area contributed by atoms with Crippen LogP contribution in [0.3, 0.4) is 0 Å². The molecule has 0 saturated heterocycles. The van der Waals surface area contributed by atoms with Crippen LogP contribution in [0.25, 0.3) is 0 Å². The lowest BCUT2D eigenvalue weighted by molar-refractivity contribution is -0.142. The van der Waals surface area contributed by atoms with Gasteiger partial charge in [-0.15, -0.1) is 0 Å². The average Bonchev–Trinajstić information content (AvgIpc) is 2.22. The molecule has 0 unspecified atom stereocenters. The predicted octanol–water partition coefficient (Wildman–Crippen LogP) is 2.28. The van der Waals surface area contributed by atoms with Gasteiger partial charge in [-0.1, -0.05) is 6.07 Å². The number of hydrogen-bond acceptors (Lipinski definition) is 3. The molecule has 0 atom stereocenters. The number of nitriles is 1. The lowest BCUT2D eigenvalue weighted by Gasteiger charge is -2.08. The van der Waals surface area contributed by atoms with E-state index in [9.17, 15) is 4.79 Å². The minimum atomic E-state index is -0.252. The molecule has 0 aliphatic carbocycles. The van der Waals surface area contributed by atoms with Crippen molar-refractivity contribution in [2.45, 2.75) is 27.2 Å². The van der Waals surface area contributed by atoms with Crippen molar-refractivity contribution in [3.8, 4) is 6.07 Å². The molecule has 0 spiro atoms. The lowest BCUT2D eigenvalue weighted by atomic mass is 9.99. The molecule has 16 heavy (non-hydrogen) atoms. The first-order valence-electron chi connectivity index (χ1n) is 5.24. The summed E-state index contributed by atoms with van der Waals surface area (Å²) in [6.07, 6.45) is 0.231. The number of carbonyl (C=O) groups excluding carboxylic acids is 1. The van der Waals surface area contributed by atoms with E-state index in [2.05, 4.69) is 6.07 Å². The molecule has 0 radical (unpaired) electrons. The maximum absolute atomic E-state index is 11.3. The van der Waals surface area contributed by atoms with Gasteiger partial charge in [0.05, 0.1) is 24.7 Å². The second-order valence-electron chi connectivity index (χ2n) is 3.69. The average molecular weight is 217 g/mol. The summed E-state index contributed by atoms with van der Waals surface area (Å²) in [6.45, 7) is 5.98. The van der Waals surface area contributed by atoms with Crippen molar-refractivity contribution >= 4 is 5.97 Å². The summed E-state index contributed by atoms with van der Waals surface area (Å²) in [7, 11) is 0. The van der Waals surface area contributed by atoms with Gasteiger partial charge >= 0.3 is 5.97 Å². The Morgan fingerprint density at radius 3 is 2.62 bits per heavy atom. The summed E-state index contributed by atoms with van der Waals surface area (Å²) < 4.78 is 4.88. The molecule has 1 aromatic rings. The zero-order chi connectivity index (χ0) is 12.1. The van der Waals surface area contributed by atoms with Crippen LogP contribution in [0.4, 0.5) is 0 Å². The van der Waals surface area contributed by atoms with E-state index >= 15 is 0 Å². The van der Waals surface area contributed by atoms with E-state index in [0.717, 1.165) is 16.7 Å². The van der Waals surface area contributed by atoms with Crippen LogP contribution in [-0.4, -0.2) is 12.6 Å². The third kappa shape index (κ3) is 2.83. The van der Waals surface area contributed by atoms with E-state index in [1.54, 1.807) is 13.0 Å². The zero-order valence-corrected chi connectivity index (χ0v) is 9.83. The highest BCUT2D eigenvalue weighted by atomic mass is 16.5. The number of carbonyl (C=O) groups is 1. The van der Waals surface area contributed by atoms with Crippen molar-refractivity contribution in [3.05, 3.63) is 34.4 Å². The van der Waals surface area contributed by atoms with E-state index < -0.39 is 0 Å². The summed E-state index contributed by atoms with van der Waals surface area (Å²) in [5.74, 6) is -0.252. The number of aryl methyl sites for hydroxylation is 2. The summed E-state index contributed by atoms with van der Waals surface area (Å²) >= 11 is 0. The fraction of sp³-hybridized carbons (Fsp3) is 0.385. The second kappa shape index (κ2) is 5.32.